The Morgan fingerprint density at radius 2 is 1.38 bits per heavy atom. The molecule has 0 bridgehead atoms. The molecule has 0 radical (unpaired) electrons. The molecule has 0 aliphatic carbocycles. The smallest absolute Gasteiger partial charge is 0.320 e. The molecular weight excluding hydrogens is 322 g/mol. The molecule has 0 unspecified atom stereocenters. The van der Waals surface area contributed by atoms with Crippen molar-refractivity contribution in [2.45, 2.75) is 19.8 Å². The van der Waals surface area contributed by atoms with Gasteiger partial charge in [0.25, 0.3) is 0 Å². The van der Waals surface area contributed by atoms with Crippen molar-refractivity contribution in [1.29, 1.82) is 0 Å². The zero-order valence-electron chi connectivity index (χ0n) is 14.4. The van der Waals surface area contributed by atoms with Gasteiger partial charge < -0.3 is 4.74 Å². The fourth-order valence-electron chi connectivity index (χ4n) is 2.61. The van der Waals surface area contributed by atoms with Crippen molar-refractivity contribution in [3.8, 4) is 0 Å². The number of likely N-dealkylation sites (N-methyl/N-ethyl adjacent to an activating group) is 1. The van der Waals surface area contributed by atoms with Gasteiger partial charge in [-0.15, -0.1) is 12.4 Å². The van der Waals surface area contributed by atoms with Crippen LogP contribution < -0.4 is 0 Å². The first-order valence-electron chi connectivity index (χ1n) is 8.22. The molecule has 0 fully saturated rings. The van der Waals surface area contributed by atoms with E-state index < -0.39 is 0 Å². The predicted molar refractivity (Wildman–Crippen MR) is 101 cm³/mol. The summed E-state index contributed by atoms with van der Waals surface area (Å²) >= 11 is 0. The third-order valence-corrected chi connectivity index (χ3v) is 4.06. The number of carbonyl (C=O) groups excluding carboxylic acids is 1. The van der Waals surface area contributed by atoms with Crippen molar-refractivity contribution >= 4 is 18.4 Å². The third-order valence-electron chi connectivity index (χ3n) is 4.06. The molecule has 130 valence electrons. The molecule has 0 N–H and O–H groups in total. The molecule has 0 heterocycles. The van der Waals surface area contributed by atoms with Crippen LogP contribution in [0.5, 0.6) is 0 Å². The summed E-state index contributed by atoms with van der Waals surface area (Å²) in [5, 5.41) is 0. The van der Waals surface area contributed by atoms with Crippen molar-refractivity contribution in [2.75, 3.05) is 26.2 Å². The molecule has 24 heavy (non-hydrogen) atoms. The van der Waals surface area contributed by atoms with E-state index in [-0.39, 0.29) is 24.3 Å². The largest absolute Gasteiger partial charge is 0.464 e. The lowest BCUT2D eigenvalue weighted by molar-refractivity contribution is -0.145. The number of hydrogen-bond donors (Lipinski definition) is 0. The highest BCUT2D eigenvalue weighted by Crippen LogP contribution is 2.24. The van der Waals surface area contributed by atoms with E-state index in [9.17, 15) is 4.79 Å². The Hall–Kier alpha value is -1.84. The molecule has 0 spiro atoms. The molecule has 0 amide bonds. The fraction of sp³-hybridized carbons (Fsp3) is 0.350. The Bertz CT molecular complexity index is 546. The maximum atomic E-state index is 12.1. The van der Waals surface area contributed by atoms with Gasteiger partial charge in [-0.25, -0.2) is 0 Å². The zero-order chi connectivity index (χ0) is 16.5. The number of carbonyl (C=O) groups is 1. The van der Waals surface area contributed by atoms with Gasteiger partial charge in [-0.3, -0.25) is 9.69 Å². The SMILES string of the molecule is CCN(CC)CC(=O)OCC(c1ccccc1)c1ccccc1.Cl. The fourth-order valence-corrected chi connectivity index (χ4v) is 2.61. The third kappa shape index (κ3) is 5.99. The van der Waals surface area contributed by atoms with Gasteiger partial charge in [0, 0.05) is 5.92 Å². The van der Waals surface area contributed by atoms with E-state index in [1.807, 2.05) is 50.2 Å². The summed E-state index contributed by atoms with van der Waals surface area (Å²) < 4.78 is 5.57. The summed E-state index contributed by atoms with van der Waals surface area (Å²) in [6, 6.07) is 20.4. The molecule has 0 aliphatic rings. The highest BCUT2D eigenvalue weighted by atomic mass is 35.5. The van der Waals surface area contributed by atoms with E-state index >= 15 is 0 Å². The number of nitrogens with zero attached hydrogens (tertiary/aromatic N) is 1. The lowest BCUT2D eigenvalue weighted by Gasteiger charge is -2.20. The van der Waals surface area contributed by atoms with Crippen LogP contribution in [0.4, 0.5) is 0 Å². The second kappa shape index (κ2) is 10.8. The number of hydrogen-bond acceptors (Lipinski definition) is 3. The minimum Gasteiger partial charge on any atom is -0.464 e. The summed E-state index contributed by atoms with van der Waals surface area (Å²) in [4.78, 5) is 14.1. The standard InChI is InChI=1S/C20H25NO2.ClH/c1-3-21(4-2)15-20(22)23-16-19(17-11-7-5-8-12-17)18-13-9-6-10-14-18;/h5-14,19H,3-4,15-16H2,1-2H3;1H. The van der Waals surface area contributed by atoms with Crippen LogP contribution in [0.2, 0.25) is 0 Å². The number of rotatable bonds is 8. The van der Waals surface area contributed by atoms with Crippen LogP contribution in [0.15, 0.2) is 60.7 Å². The lowest BCUT2D eigenvalue weighted by Crippen LogP contribution is -2.31. The van der Waals surface area contributed by atoms with Crippen molar-refractivity contribution < 1.29 is 9.53 Å². The first-order chi connectivity index (χ1) is 11.2. The topological polar surface area (TPSA) is 29.5 Å². The summed E-state index contributed by atoms with van der Waals surface area (Å²) in [5.74, 6) is -0.0939. The van der Waals surface area contributed by atoms with E-state index in [0.29, 0.717) is 13.2 Å². The summed E-state index contributed by atoms with van der Waals surface area (Å²) in [7, 11) is 0. The second-order valence-corrected chi connectivity index (χ2v) is 5.52. The van der Waals surface area contributed by atoms with Gasteiger partial charge in [0.05, 0.1) is 6.54 Å². The highest BCUT2D eigenvalue weighted by Gasteiger charge is 2.17. The van der Waals surface area contributed by atoms with Crippen molar-refractivity contribution in [3.05, 3.63) is 71.8 Å². The van der Waals surface area contributed by atoms with E-state index in [1.54, 1.807) is 0 Å². The van der Waals surface area contributed by atoms with E-state index in [4.69, 9.17) is 4.74 Å². The van der Waals surface area contributed by atoms with E-state index in [1.165, 1.54) is 0 Å². The molecule has 0 aromatic heterocycles. The monoisotopic (exact) mass is 347 g/mol. The Labute approximate surface area is 151 Å². The average Bonchev–Trinajstić information content (AvgIpc) is 2.61. The molecule has 2 aromatic rings. The van der Waals surface area contributed by atoms with Crippen LogP contribution in [0, 0.1) is 0 Å². The van der Waals surface area contributed by atoms with Crippen molar-refractivity contribution in [3.63, 3.8) is 0 Å². The molecular formula is C20H26ClNO2. The molecule has 0 aliphatic heterocycles. The van der Waals surface area contributed by atoms with Crippen LogP contribution in [0.3, 0.4) is 0 Å². The lowest BCUT2D eigenvalue weighted by atomic mass is 9.92. The minimum atomic E-state index is -0.162. The van der Waals surface area contributed by atoms with E-state index in [0.717, 1.165) is 24.2 Å². The van der Waals surface area contributed by atoms with Gasteiger partial charge in [-0.05, 0) is 24.2 Å². The first kappa shape index (κ1) is 20.2. The molecule has 0 atom stereocenters. The number of benzene rings is 2. The molecule has 0 saturated heterocycles. The Balaban J connectivity index is 0.00000288. The second-order valence-electron chi connectivity index (χ2n) is 5.52. The zero-order valence-corrected chi connectivity index (χ0v) is 15.2. The van der Waals surface area contributed by atoms with Crippen molar-refractivity contribution in [1.82, 2.24) is 4.90 Å². The van der Waals surface area contributed by atoms with Crippen LogP contribution in [-0.2, 0) is 9.53 Å². The average molecular weight is 348 g/mol. The highest BCUT2D eigenvalue weighted by molar-refractivity contribution is 5.85. The molecule has 0 saturated carbocycles. The maximum Gasteiger partial charge on any atom is 0.320 e. The van der Waals surface area contributed by atoms with Crippen molar-refractivity contribution in [2.24, 2.45) is 0 Å². The number of esters is 1. The van der Waals surface area contributed by atoms with Gasteiger partial charge >= 0.3 is 5.97 Å². The van der Waals surface area contributed by atoms with Gasteiger partial charge in [-0.1, -0.05) is 74.5 Å². The van der Waals surface area contributed by atoms with E-state index in [2.05, 4.69) is 29.2 Å². The van der Waals surface area contributed by atoms with Crippen LogP contribution in [0.1, 0.15) is 30.9 Å². The van der Waals surface area contributed by atoms with Crippen LogP contribution in [-0.4, -0.2) is 37.1 Å². The molecule has 2 rings (SSSR count). The predicted octanol–water partition coefficient (Wildman–Crippen LogP) is 4.13. The van der Waals surface area contributed by atoms with Gasteiger partial charge in [0.15, 0.2) is 0 Å². The van der Waals surface area contributed by atoms with Gasteiger partial charge in [0.2, 0.25) is 0 Å². The van der Waals surface area contributed by atoms with Gasteiger partial charge in [0.1, 0.15) is 6.61 Å². The molecule has 3 nitrogen and oxygen atoms in total. The minimum absolute atomic E-state index is 0. The quantitative estimate of drug-likeness (QED) is 0.672. The van der Waals surface area contributed by atoms with Crippen LogP contribution in [0.25, 0.3) is 0 Å². The molecule has 2 aromatic carbocycles. The summed E-state index contributed by atoms with van der Waals surface area (Å²) in [5.41, 5.74) is 2.32. The number of ether oxygens (including phenoxy) is 1. The maximum absolute atomic E-state index is 12.1. The summed E-state index contributed by atoms with van der Waals surface area (Å²) in [6.45, 7) is 6.53. The Morgan fingerprint density at radius 3 is 1.79 bits per heavy atom. The normalized spacial score (nSPS) is 10.5. The van der Waals surface area contributed by atoms with Gasteiger partial charge in [-0.2, -0.15) is 0 Å². The Kier molecular flexibility index (Phi) is 9.13. The molecule has 4 heteroatoms. The first-order valence-corrected chi connectivity index (χ1v) is 8.22. The Morgan fingerprint density at radius 1 is 0.917 bits per heavy atom. The number of halogens is 1. The van der Waals surface area contributed by atoms with Crippen LogP contribution >= 0.6 is 12.4 Å². The summed E-state index contributed by atoms with van der Waals surface area (Å²) in [6.07, 6.45) is 0.